The van der Waals surface area contributed by atoms with E-state index in [1.807, 2.05) is 71.5 Å². The van der Waals surface area contributed by atoms with Gasteiger partial charge in [-0.15, -0.1) is 0 Å². The molecule has 0 spiro atoms. The van der Waals surface area contributed by atoms with E-state index in [4.69, 9.17) is 5.10 Å². The third kappa shape index (κ3) is 3.06. The average Bonchev–Trinajstić information content (AvgIpc) is 3.23. The first kappa shape index (κ1) is 17.9. The fraction of sp³-hybridized carbons (Fsp3) is 0.385. The Bertz CT molecular complexity index is 1030. The molecule has 1 heterocycles. The molecule has 4 saturated carbocycles. The standard InChI is InChI=1S/C26H27N3O/c30-26(27-24-20-12-17-11-18(14-20)15-21(24)13-17)23-16-29(22-9-5-2-6-10-22)28-25(23)19-7-3-1-4-8-19/h1-10,16-18,20-21,24H,11-15H2,(H,27,30). The molecule has 1 amide bonds. The normalized spacial score (nSPS) is 29.1. The van der Waals surface area contributed by atoms with Gasteiger partial charge in [-0.3, -0.25) is 4.79 Å². The Morgan fingerprint density at radius 1 is 0.833 bits per heavy atom. The Morgan fingerprint density at radius 3 is 2.07 bits per heavy atom. The molecule has 0 atom stereocenters. The molecule has 30 heavy (non-hydrogen) atoms. The number of carbonyl (C=O) groups is 1. The molecule has 4 aliphatic rings. The van der Waals surface area contributed by atoms with E-state index < -0.39 is 0 Å². The van der Waals surface area contributed by atoms with Gasteiger partial charge < -0.3 is 5.32 Å². The maximum absolute atomic E-state index is 13.5. The van der Waals surface area contributed by atoms with Crippen molar-refractivity contribution in [2.24, 2.45) is 23.7 Å². The summed E-state index contributed by atoms with van der Waals surface area (Å²) < 4.78 is 1.83. The summed E-state index contributed by atoms with van der Waals surface area (Å²) in [4.78, 5) is 13.5. The number of rotatable bonds is 4. The van der Waals surface area contributed by atoms with Gasteiger partial charge in [0.05, 0.1) is 11.3 Å². The fourth-order valence-electron chi connectivity index (χ4n) is 6.45. The highest BCUT2D eigenvalue weighted by atomic mass is 16.1. The van der Waals surface area contributed by atoms with Gasteiger partial charge in [0, 0.05) is 17.8 Å². The molecule has 1 N–H and O–H groups in total. The van der Waals surface area contributed by atoms with Crippen LogP contribution in [-0.2, 0) is 0 Å². The first-order valence-electron chi connectivity index (χ1n) is 11.3. The van der Waals surface area contributed by atoms with Crippen molar-refractivity contribution in [3.05, 3.63) is 72.4 Å². The molecule has 2 aromatic carbocycles. The number of benzene rings is 2. The fourth-order valence-corrected chi connectivity index (χ4v) is 6.45. The highest BCUT2D eigenvalue weighted by Crippen LogP contribution is 2.53. The van der Waals surface area contributed by atoms with Crippen molar-refractivity contribution in [3.63, 3.8) is 0 Å². The van der Waals surface area contributed by atoms with Crippen molar-refractivity contribution in [2.75, 3.05) is 0 Å². The lowest BCUT2D eigenvalue weighted by molar-refractivity contribution is -0.0119. The largest absolute Gasteiger partial charge is 0.349 e. The van der Waals surface area contributed by atoms with Gasteiger partial charge >= 0.3 is 0 Å². The van der Waals surface area contributed by atoms with Crippen molar-refractivity contribution < 1.29 is 4.79 Å². The molecule has 0 radical (unpaired) electrons. The Labute approximate surface area is 177 Å². The number of para-hydroxylation sites is 1. The monoisotopic (exact) mass is 397 g/mol. The summed E-state index contributed by atoms with van der Waals surface area (Å²) >= 11 is 0. The first-order valence-corrected chi connectivity index (χ1v) is 11.3. The van der Waals surface area contributed by atoms with Crippen molar-refractivity contribution in [3.8, 4) is 16.9 Å². The van der Waals surface area contributed by atoms with E-state index in [-0.39, 0.29) is 5.91 Å². The van der Waals surface area contributed by atoms with E-state index in [1.165, 1.54) is 32.1 Å². The van der Waals surface area contributed by atoms with Crippen molar-refractivity contribution in [2.45, 2.75) is 38.1 Å². The Kier molecular flexibility index (Phi) is 4.26. The molecule has 4 bridgehead atoms. The molecular formula is C26H27N3O. The van der Waals surface area contributed by atoms with E-state index in [2.05, 4.69) is 5.32 Å². The summed E-state index contributed by atoms with van der Waals surface area (Å²) in [5.41, 5.74) is 3.35. The number of nitrogens with zero attached hydrogens (tertiary/aromatic N) is 2. The predicted molar refractivity (Wildman–Crippen MR) is 117 cm³/mol. The SMILES string of the molecule is O=C(NC1C2CC3CC(C2)CC1C3)c1cn(-c2ccccc2)nc1-c1ccccc1. The lowest BCUT2D eigenvalue weighted by Crippen LogP contribution is -2.55. The van der Waals surface area contributed by atoms with Gasteiger partial charge in [0.1, 0.15) is 5.69 Å². The van der Waals surface area contributed by atoms with Crippen LogP contribution in [0.5, 0.6) is 0 Å². The summed E-state index contributed by atoms with van der Waals surface area (Å²) in [5, 5.41) is 8.27. The van der Waals surface area contributed by atoms with Crippen molar-refractivity contribution in [1.82, 2.24) is 15.1 Å². The summed E-state index contributed by atoms with van der Waals surface area (Å²) in [6, 6.07) is 20.4. The van der Waals surface area contributed by atoms with Crippen LogP contribution in [0, 0.1) is 23.7 Å². The third-order valence-corrected chi connectivity index (χ3v) is 7.55. The molecule has 7 rings (SSSR count). The second-order valence-electron chi connectivity index (χ2n) is 9.47. The Hall–Kier alpha value is -2.88. The summed E-state index contributed by atoms with van der Waals surface area (Å²) in [5.74, 6) is 3.15. The molecule has 0 unspecified atom stereocenters. The lowest BCUT2D eigenvalue weighted by atomic mass is 9.54. The van der Waals surface area contributed by atoms with Gasteiger partial charge in [0.15, 0.2) is 0 Å². The summed E-state index contributed by atoms with van der Waals surface area (Å²) in [6.07, 6.45) is 8.51. The quantitative estimate of drug-likeness (QED) is 0.666. The predicted octanol–water partition coefficient (Wildman–Crippen LogP) is 5.09. The zero-order chi connectivity index (χ0) is 20.1. The Balaban J connectivity index is 1.34. The third-order valence-electron chi connectivity index (χ3n) is 7.55. The summed E-state index contributed by atoms with van der Waals surface area (Å²) in [6.45, 7) is 0. The van der Waals surface area contributed by atoms with Crippen LogP contribution in [0.3, 0.4) is 0 Å². The van der Waals surface area contributed by atoms with Gasteiger partial charge in [0.25, 0.3) is 5.91 Å². The molecule has 4 aliphatic carbocycles. The van der Waals surface area contributed by atoms with Crippen LogP contribution in [-0.4, -0.2) is 21.7 Å². The molecule has 0 saturated heterocycles. The second kappa shape index (κ2) is 7.12. The molecular weight excluding hydrogens is 370 g/mol. The zero-order valence-electron chi connectivity index (χ0n) is 17.1. The second-order valence-corrected chi connectivity index (χ2v) is 9.47. The summed E-state index contributed by atoms with van der Waals surface area (Å²) in [7, 11) is 0. The maximum Gasteiger partial charge on any atom is 0.255 e. The van der Waals surface area contributed by atoms with Gasteiger partial charge in [-0.1, -0.05) is 48.5 Å². The van der Waals surface area contributed by atoms with Crippen LogP contribution < -0.4 is 5.32 Å². The molecule has 4 fully saturated rings. The molecule has 152 valence electrons. The van der Waals surface area contributed by atoms with E-state index in [1.54, 1.807) is 0 Å². The maximum atomic E-state index is 13.5. The number of hydrogen-bond acceptors (Lipinski definition) is 2. The molecule has 3 aromatic rings. The zero-order valence-corrected chi connectivity index (χ0v) is 17.1. The smallest absolute Gasteiger partial charge is 0.255 e. The minimum absolute atomic E-state index is 0.0218. The Morgan fingerprint density at radius 2 is 1.43 bits per heavy atom. The number of nitrogens with one attached hydrogen (secondary N) is 1. The first-order chi connectivity index (χ1) is 14.7. The highest BCUT2D eigenvalue weighted by molar-refractivity contribution is 6.00. The lowest BCUT2D eigenvalue weighted by Gasteiger charge is -2.54. The van der Waals surface area contributed by atoms with Crippen LogP contribution in [0.15, 0.2) is 66.9 Å². The van der Waals surface area contributed by atoms with Crippen LogP contribution in [0.25, 0.3) is 16.9 Å². The molecule has 1 aromatic heterocycles. The minimum atomic E-state index is 0.0218. The van der Waals surface area contributed by atoms with Crippen LogP contribution in [0.4, 0.5) is 0 Å². The number of amides is 1. The highest BCUT2D eigenvalue weighted by Gasteiger charge is 2.48. The van der Waals surface area contributed by atoms with Crippen molar-refractivity contribution in [1.29, 1.82) is 0 Å². The van der Waals surface area contributed by atoms with Gasteiger partial charge in [-0.05, 0) is 67.9 Å². The van der Waals surface area contributed by atoms with Crippen LogP contribution >= 0.6 is 0 Å². The number of carbonyl (C=O) groups excluding carboxylic acids is 1. The number of hydrogen-bond donors (Lipinski definition) is 1. The topological polar surface area (TPSA) is 46.9 Å². The molecule has 0 aliphatic heterocycles. The molecule has 4 heteroatoms. The average molecular weight is 398 g/mol. The van der Waals surface area contributed by atoms with E-state index in [9.17, 15) is 4.79 Å². The van der Waals surface area contributed by atoms with E-state index in [0.717, 1.165) is 28.8 Å². The van der Waals surface area contributed by atoms with Gasteiger partial charge in [-0.25, -0.2) is 4.68 Å². The van der Waals surface area contributed by atoms with Crippen LogP contribution in [0.1, 0.15) is 42.5 Å². The van der Waals surface area contributed by atoms with E-state index in [0.29, 0.717) is 23.4 Å². The van der Waals surface area contributed by atoms with Gasteiger partial charge in [-0.2, -0.15) is 5.10 Å². The van der Waals surface area contributed by atoms with E-state index >= 15 is 0 Å². The minimum Gasteiger partial charge on any atom is -0.349 e. The van der Waals surface area contributed by atoms with Crippen molar-refractivity contribution >= 4 is 5.91 Å². The van der Waals surface area contributed by atoms with Gasteiger partial charge in [0.2, 0.25) is 0 Å². The molecule has 4 nitrogen and oxygen atoms in total. The number of aromatic nitrogens is 2. The van der Waals surface area contributed by atoms with Crippen LogP contribution in [0.2, 0.25) is 0 Å².